The molecule has 118 valence electrons. The summed E-state index contributed by atoms with van der Waals surface area (Å²) >= 11 is 0. The van der Waals surface area contributed by atoms with E-state index in [9.17, 15) is 8.42 Å². The van der Waals surface area contributed by atoms with E-state index >= 15 is 0 Å². The number of benzene rings is 1. The molecule has 0 amide bonds. The van der Waals surface area contributed by atoms with Crippen LogP contribution in [0.1, 0.15) is 20.3 Å². The molecule has 0 N–H and O–H groups in total. The first kappa shape index (κ1) is 16.3. The topological polar surface area (TPSA) is 55.8 Å². The molecule has 1 saturated heterocycles. The van der Waals surface area contributed by atoms with Crippen molar-refractivity contribution < 1.29 is 17.3 Å². The van der Waals surface area contributed by atoms with Gasteiger partial charge < -0.3 is 4.74 Å². The summed E-state index contributed by atoms with van der Waals surface area (Å²) in [4.78, 5) is 2.30. The van der Waals surface area contributed by atoms with Crippen LogP contribution in [0.15, 0.2) is 30.3 Å². The Morgan fingerprint density at radius 3 is 2.52 bits per heavy atom. The van der Waals surface area contributed by atoms with Crippen molar-refractivity contribution in [3.05, 3.63) is 30.3 Å². The number of hydrogen-bond acceptors (Lipinski definition) is 5. The quantitative estimate of drug-likeness (QED) is 0.720. The van der Waals surface area contributed by atoms with Crippen molar-refractivity contribution in [1.29, 1.82) is 0 Å². The number of hydrogen-bond donors (Lipinski definition) is 0. The molecule has 1 heterocycles. The number of likely N-dealkylation sites (tertiary alicyclic amines) is 1. The Morgan fingerprint density at radius 1 is 1.29 bits per heavy atom. The summed E-state index contributed by atoms with van der Waals surface area (Å²) in [5, 5.41) is 0. The van der Waals surface area contributed by atoms with Crippen LogP contribution in [-0.2, 0) is 14.3 Å². The molecule has 1 aliphatic rings. The SMILES string of the molecule is CC(C)N1C[C@@H](Oc2ccccc2)[C@H]1CCOS(C)(=O)=O. The Bertz CT molecular complexity index is 544. The van der Waals surface area contributed by atoms with Gasteiger partial charge in [-0.2, -0.15) is 8.42 Å². The highest BCUT2D eigenvalue weighted by atomic mass is 32.2. The fraction of sp³-hybridized carbons (Fsp3) is 0.600. The van der Waals surface area contributed by atoms with Gasteiger partial charge in [0.1, 0.15) is 11.9 Å². The monoisotopic (exact) mass is 313 g/mol. The van der Waals surface area contributed by atoms with Gasteiger partial charge >= 0.3 is 0 Å². The first-order chi connectivity index (χ1) is 9.87. The van der Waals surface area contributed by atoms with Gasteiger partial charge in [-0.25, -0.2) is 0 Å². The molecule has 0 aromatic heterocycles. The number of nitrogens with zero attached hydrogens (tertiary/aromatic N) is 1. The van der Waals surface area contributed by atoms with E-state index in [1.165, 1.54) is 0 Å². The Labute approximate surface area is 127 Å². The minimum atomic E-state index is -3.38. The van der Waals surface area contributed by atoms with Crippen LogP contribution in [0, 0.1) is 0 Å². The molecule has 5 nitrogen and oxygen atoms in total. The fourth-order valence-electron chi connectivity index (χ4n) is 2.60. The molecule has 6 heteroatoms. The normalized spacial score (nSPS) is 23.0. The van der Waals surface area contributed by atoms with E-state index in [1.54, 1.807) is 0 Å². The lowest BCUT2D eigenvalue weighted by atomic mass is 9.94. The van der Waals surface area contributed by atoms with Crippen molar-refractivity contribution in [3.63, 3.8) is 0 Å². The third kappa shape index (κ3) is 4.69. The third-order valence-corrected chi connectivity index (χ3v) is 4.25. The predicted octanol–water partition coefficient (Wildman–Crippen LogP) is 1.89. The zero-order chi connectivity index (χ0) is 15.5. The van der Waals surface area contributed by atoms with Crippen molar-refractivity contribution in [2.24, 2.45) is 0 Å². The van der Waals surface area contributed by atoms with E-state index < -0.39 is 10.1 Å². The maximum absolute atomic E-state index is 11.0. The Balaban J connectivity index is 1.92. The van der Waals surface area contributed by atoms with Crippen molar-refractivity contribution in [2.75, 3.05) is 19.4 Å². The zero-order valence-electron chi connectivity index (χ0n) is 12.7. The van der Waals surface area contributed by atoms with Gasteiger partial charge in [-0.3, -0.25) is 9.08 Å². The summed E-state index contributed by atoms with van der Waals surface area (Å²) in [5.41, 5.74) is 0. The van der Waals surface area contributed by atoms with Crippen LogP contribution < -0.4 is 4.74 Å². The van der Waals surface area contributed by atoms with Gasteiger partial charge in [0.25, 0.3) is 10.1 Å². The average Bonchev–Trinajstić information content (AvgIpc) is 2.38. The van der Waals surface area contributed by atoms with Crippen LogP contribution in [-0.4, -0.2) is 50.9 Å². The summed E-state index contributed by atoms with van der Waals surface area (Å²) in [6, 6.07) is 10.3. The predicted molar refractivity (Wildman–Crippen MR) is 81.9 cm³/mol. The summed E-state index contributed by atoms with van der Waals surface area (Å²) in [6.07, 6.45) is 1.80. The molecule has 21 heavy (non-hydrogen) atoms. The van der Waals surface area contributed by atoms with E-state index in [4.69, 9.17) is 8.92 Å². The average molecular weight is 313 g/mol. The van der Waals surface area contributed by atoms with Gasteiger partial charge in [-0.15, -0.1) is 0 Å². The second-order valence-electron chi connectivity index (χ2n) is 5.64. The van der Waals surface area contributed by atoms with Gasteiger partial charge in [0.05, 0.1) is 18.9 Å². The Morgan fingerprint density at radius 2 is 1.95 bits per heavy atom. The lowest BCUT2D eigenvalue weighted by Crippen LogP contribution is -2.64. The summed E-state index contributed by atoms with van der Waals surface area (Å²) < 4.78 is 32.9. The number of rotatable bonds is 7. The van der Waals surface area contributed by atoms with E-state index in [1.807, 2.05) is 30.3 Å². The van der Waals surface area contributed by atoms with Crippen molar-refractivity contribution >= 4 is 10.1 Å². The minimum Gasteiger partial charge on any atom is -0.487 e. The molecule has 0 unspecified atom stereocenters. The summed E-state index contributed by atoms with van der Waals surface area (Å²) in [5.74, 6) is 0.847. The van der Waals surface area contributed by atoms with Gasteiger partial charge in [-0.1, -0.05) is 18.2 Å². The second-order valence-corrected chi connectivity index (χ2v) is 7.29. The van der Waals surface area contributed by atoms with Gasteiger partial charge in [-0.05, 0) is 32.4 Å². The standard InChI is InChI=1S/C15H23NO4S/c1-12(2)16-11-15(20-13-7-5-4-6-8-13)14(16)9-10-19-21(3,17)18/h4-8,12,14-15H,9-11H2,1-3H3/t14-,15-/m1/s1. The minimum absolute atomic E-state index is 0.0814. The molecular weight excluding hydrogens is 290 g/mol. The summed E-state index contributed by atoms with van der Waals surface area (Å²) in [6.45, 7) is 5.31. The smallest absolute Gasteiger partial charge is 0.264 e. The molecular formula is C15H23NO4S. The van der Waals surface area contributed by atoms with Gasteiger partial charge in [0.2, 0.25) is 0 Å². The van der Waals surface area contributed by atoms with Gasteiger partial charge in [0.15, 0.2) is 0 Å². The highest BCUT2D eigenvalue weighted by Crippen LogP contribution is 2.28. The molecule has 0 radical (unpaired) electrons. The lowest BCUT2D eigenvalue weighted by molar-refractivity contribution is -0.0705. The first-order valence-corrected chi connectivity index (χ1v) is 9.00. The molecule has 1 aromatic carbocycles. The van der Waals surface area contributed by atoms with E-state index in [0.29, 0.717) is 12.5 Å². The van der Waals surface area contributed by atoms with Crippen LogP contribution in [0.4, 0.5) is 0 Å². The molecule has 0 spiro atoms. The molecule has 2 atom stereocenters. The number of ether oxygens (including phenoxy) is 1. The molecule has 1 aliphatic heterocycles. The highest BCUT2D eigenvalue weighted by Gasteiger charge is 2.41. The second kappa shape index (κ2) is 6.77. The molecule has 0 bridgehead atoms. The number of para-hydroxylation sites is 1. The molecule has 1 fully saturated rings. The molecule has 2 rings (SSSR count). The van der Waals surface area contributed by atoms with Crippen LogP contribution >= 0.6 is 0 Å². The molecule has 1 aromatic rings. The molecule has 0 aliphatic carbocycles. The van der Waals surface area contributed by atoms with Crippen LogP contribution in [0.25, 0.3) is 0 Å². The van der Waals surface area contributed by atoms with Crippen molar-refractivity contribution in [2.45, 2.75) is 38.5 Å². The van der Waals surface area contributed by atoms with Crippen LogP contribution in [0.2, 0.25) is 0 Å². The Hall–Kier alpha value is -1.11. The lowest BCUT2D eigenvalue weighted by Gasteiger charge is -2.49. The zero-order valence-corrected chi connectivity index (χ0v) is 13.5. The van der Waals surface area contributed by atoms with Crippen LogP contribution in [0.5, 0.6) is 5.75 Å². The van der Waals surface area contributed by atoms with E-state index in [2.05, 4.69) is 18.7 Å². The third-order valence-electron chi connectivity index (χ3n) is 3.65. The largest absolute Gasteiger partial charge is 0.487 e. The van der Waals surface area contributed by atoms with E-state index in [-0.39, 0.29) is 18.8 Å². The van der Waals surface area contributed by atoms with Gasteiger partial charge in [0, 0.05) is 12.6 Å². The summed E-state index contributed by atoms with van der Waals surface area (Å²) in [7, 11) is -3.38. The highest BCUT2D eigenvalue weighted by molar-refractivity contribution is 7.85. The molecule has 0 saturated carbocycles. The maximum atomic E-state index is 11.0. The Kier molecular flexibility index (Phi) is 5.24. The van der Waals surface area contributed by atoms with Crippen molar-refractivity contribution in [3.8, 4) is 5.75 Å². The maximum Gasteiger partial charge on any atom is 0.264 e. The first-order valence-electron chi connectivity index (χ1n) is 7.18. The van der Waals surface area contributed by atoms with E-state index in [0.717, 1.165) is 18.6 Å². The van der Waals surface area contributed by atoms with Crippen LogP contribution in [0.3, 0.4) is 0 Å². The fourth-order valence-corrected chi connectivity index (χ4v) is 2.99. The van der Waals surface area contributed by atoms with Crippen molar-refractivity contribution in [1.82, 2.24) is 4.90 Å².